The SMILES string of the molecule is NC(CCO)(c1ccc(F)cc1)c1ccc(F)cc1. The molecule has 0 unspecified atom stereocenters. The van der Waals surface area contributed by atoms with E-state index < -0.39 is 5.54 Å². The molecule has 0 aromatic heterocycles. The summed E-state index contributed by atoms with van der Waals surface area (Å²) in [6, 6.07) is 11.6. The molecule has 0 fully saturated rings. The van der Waals surface area contributed by atoms with E-state index in [1.807, 2.05) is 0 Å². The molecule has 0 saturated carbocycles. The van der Waals surface area contributed by atoms with Crippen molar-refractivity contribution in [2.75, 3.05) is 6.61 Å². The van der Waals surface area contributed by atoms with Crippen LogP contribution in [0.1, 0.15) is 17.5 Å². The number of hydrogen-bond donors (Lipinski definition) is 2. The van der Waals surface area contributed by atoms with E-state index >= 15 is 0 Å². The number of hydrogen-bond acceptors (Lipinski definition) is 2. The van der Waals surface area contributed by atoms with Crippen molar-refractivity contribution in [3.63, 3.8) is 0 Å². The van der Waals surface area contributed by atoms with Gasteiger partial charge in [-0.1, -0.05) is 24.3 Å². The highest BCUT2D eigenvalue weighted by molar-refractivity contribution is 5.38. The van der Waals surface area contributed by atoms with Gasteiger partial charge < -0.3 is 10.8 Å². The highest BCUT2D eigenvalue weighted by atomic mass is 19.1. The van der Waals surface area contributed by atoms with E-state index in [2.05, 4.69) is 0 Å². The Morgan fingerprint density at radius 3 is 1.53 bits per heavy atom. The molecule has 2 aromatic carbocycles. The average Bonchev–Trinajstić information content (AvgIpc) is 2.40. The van der Waals surface area contributed by atoms with E-state index in [0.29, 0.717) is 11.1 Å². The fourth-order valence-corrected chi connectivity index (χ4v) is 2.13. The Balaban J connectivity index is 2.47. The number of rotatable bonds is 4. The first-order chi connectivity index (χ1) is 9.06. The molecule has 2 nitrogen and oxygen atoms in total. The third-order valence-corrected chi connectivity index (χ3v) is 3.22. The first-order valence-electron chi connectivity index (χ1n) is 5.98. The molecule has 0 amide bonds. The molecule has 2 aromatic rings. The van der Waals surface area contributed by atoms with Gasteiger partial charge in [-0.2, -0.15) is 0 Å². The summed E-state index contributed by atoms with van der Waals surface area (Å²) < 4.78 is 26.0. The molecule has 0 aliphatic carbocycles. The van der Waals surface area contributed by atoms with E-state index in [1.165, 1.54) is 24.3 Å². The van der Waals surface area contributed by atoms with Crippen LogP contribution < -0.4 is 5.73 Å². The van der Waals surface area contributed by atoms with Gasteiger partial charge in [0.2, 0.25) is 0 Å². The van der Waals surface area contributed by atoms with Crippen LogP contribution in [0.5, 0.6) is 0 Å². The van der Waals surface area contributed by atoms with Gasteiger partial charge in [0.15, 0.2) is 0 Å². The summed E-state index contributed by atoms with van der Waals surface area (Å²) in [6.07, 6.45) is 0.268. The van der Waals surface area contributed by atoms with Crippen molar-refractivity contribution < 1.29 is 13.9 Å². The summed E-state index contributed by atoms with van der Waals surface area (Å²) in [6.45, 7) is -0.120. The van der Waals surface area contributed by atoms with Gasteiger partial charge in [-0.3, -0.25) is 0 Å². The monoisotopic (exact) mass is 263 g/mol. The van der Waals surface area contributed by atoms with Gasteiger partial charge in [-0.25, -0.2) is 8.78 Å². The van der Waals surface area contributed by atoms with Crippen LogP contribution in [0.25, 0.3) is 0 Å². The Kier molecular flexibility index (Phi) is 3.93. The molecule has 0 aliphatic heterocycles. The lowest BCUT2D eigenvalue weighted by Crippen LogP contribution is -2.39. The predicted octanol–water partition coefficient (Wildman–Crippen LogP) is 2.55. The molecular formula is C15H15F2NO. The number of aliphatic hydroxyl groups excluding tert-OH is 1. The first kappa shape index (κ1) is 13.6. The van der Waals surface area contributed by atoms with Crippen LogP contribution in [0.3, 0.4) is 0 Å². The van der Waals surface area contributed by atoms with Gasteiger partial charge in [0.25, 0.3) is 0 Å². The first-order valence-corrected chi connectivity index (χ1v) is 5.98. The van der Waals surface area contributed by atoms with Crippen LogP contribution in [-0.2, 0) is 5.54 Å². The summed E-state index contributed by atoms with van der Waals surface area (Å²) in [7, 11) is 0. The number of aliphatic hydroxyl groups is 1. The van der Waals surface area contributed by atoms with Crippen molar-refractivity contribution in [2.24, 2.45) is 5.73 Å². The third-order valence-electron chi connectivity index (χ3n) is 3.22. The maximum atomic E-state index is 13.0. The maximum absolute atomic E-state index is 13.0. The molecule has 4 heteroatoms. The van der Waals surface area contributed by atoms with Crippen LogP contribution in [0.2, 0.25) is 0 Å². The second-order valence-corrected chi connectivity index (χ2v) is 4.46. The van der Waals surface area contributed by atoms with Crippen LogP contribution in [0.15, 0.2) is 48.5 Å². The highest BCUT2D eigenvalue weighted by Gasteiger charge is 2.29. The van der Waals surface area contributed by atoms with Gasteiger partial charge in [-0.05, 0) is 41.8 Å². The normalized spacial score (nSPS) is 11.6. The molecule has 19 heavy (non-hydrogen) atoms. The lowest BCUT2D eigenvalue weighted by Gasteiger charge is -2.30. The molecule has 0 bridgehead atoms. The molecule has 0 saturated heterocycles. The molecule has 0 atom stereocenters. The molecule has 3 N–H and O–H groups in total. The molecule has 0 heterocycles. The molecule has 2 rings (SSSR count). The van der Waals surface area contributed by atoms with Crippen molar-refractivity contribution in [1.29, 1.82) is 0 Å². The van der Waals surface area contributed by atoms with Crippen LogP contribution in [-0.4, -0.2) is 11.7 Å². The number of benzene rings is 2. The van der Waals surface area contributed by atoms with Crippen molar-refractivity contribution in [3.05, 3.63) is 71.3 Å². The van der Waals surface area contributed by atoms with Crippen LogP contribution >= 0.6 is 0 Å². The summed E-state index contributed by atoms with van der Waals surface area (Å²) in [5.74, 6) is -0.705. The number of nitrogens with two attached hydrogens (primary N) is 1. The largest absolute Gasteiger partial charge is 0.396 e. The van der Waals surface area contributed by atoms with Gasteiger partial charge in [0.05, 0.1) is 5.54 Å². The minimum Gasteiger partial charge on any atom is -0.396 e. The quantitative estimate of drug-likeness (QED) is 0.890. The van der Waals surface area contributed by atoms with Crippen molar-refractivity contribution in [1.82, 2.24) is 0 Å². The fraction of sp³-hybridized carbons (Fsp3) is 0.200. The van der Waals surface area contributed by atoms with E-state index in [4.69, 9.17) is 5.73 Å². The third kappa shape index (κ3) is 2.80. The van der Waals surface area contributed by atoms with Crippen molar-refractivity contribution in [2.45, 2.75) is 12.0 Å². The molecule has 0 spiro atoms. The summed E-state index contributed by atoms with van der Waals surface area (Å²) >= 11 is 0. The van der Waals surface area contributed by atoms with Crippen molar-refractivity contribution >= 4 is 0 Å². The fourth-order valence-electron chi connectivity index (χ4n) is 2.13. The molecular weight excluding hydrogens is 248 g/mol. The van der Waals surface area contributed by atoms with E-state index in [-0.39, 0.29) is 24.7 Å². The molecule has 0 radical (unpaired) electrons. The molecule has 0 aliphatic rings. The van der Waals surface area contributed by atoms with Gasteiger partial charge in [-0.15, -0.1) is 0 Å². The van der Waals surface area contributed by atoms with E-state index in [9.17, 15) is 13.9 Å². The average molecular weight is 263 g/mol. The van der Waals surface area contributed by atoms with Crippen LogP contribution in [0, 0.1) is 11.6 Å². The summed E-state index contributed by atoms with van der Waals surface area (Å²) in [4.78, 5) is 0. The lowest BCUT2D eigenvalue weighted by molar-refractivity contribution is 0.255. The predicted molar refractivity (Wildman–Crippen MR) is 69.5 cm³/mol. The highest BCUT2D eigenvalue weighted by Crippen LogP contribution is 2.30. The minimum absolute atomic E-state index is 0.120. The maximum Gasteiger partial charge on any atom is 0.123 e. The second-order valence-electron chi connectivity index (χ2n) is 4.46. The Morgan fingerprint density at radius 2 is 1.21 bits per heavy atom. The van der Waals surface area contributed by atoms with Gasteiger partial charge in [0, 0.05) is 6.61 Å². The number of halogens is 2. The van der Waals surface area contributed by atoms with Crippen molar-refractivity contribution in [3.8, 4) is 0 Å². The lowest BCUT2D eigenvalue weighted by atomic mass is 9.81. The topological polar surface area (TPSA) is 46.2 Å². The van der Waals surface area contributed by atoms with Gasteiger partial charge >= 0.3 is 0 Å². The Labute approximate surface area is 110 Å². The van der Waals surface area contributed by atoms with Crippen LogP contribution in [0.4, 0.5) is 8.78 Å². The summed E-state index contributed by atoms with van der Waals surface area (Å²) in [5, 5.41) is 9.21. The standard InChI is InChI=1S/C15H15F2NO/c16-13-5-1-11(2-6-13)15(18,9-10-19)12-3-7-14(17)8-4-12/h1-8,19H,9-10,18H2. The summed E-state index contributed by atoms with van der Waals surface area (Å²) in [5.41, 5.74) is 6.74. The van der Waals surface area contributed by atoms with E-state index in [1.54, 1.807) is 24.3 Å². The zero-order chi connectivity index (χ0) is 13.9. The van der Waals surface area contributed by atoms with E-state index in [0.717, 1.165) is 0 Å². The Bertz CT molecular complexity index is 492. The zero-order valence-electron chi connectivity index (χ0n) is 10.3. The Hall–Kier alpha value is -1.78. The minimum atomic E-state index is -0.962. The second kappa shape index (κ2) is 5.47. The zero-order valence-corrected chi connectivity index (χ0v) is 10.3. The van der Waals surface area contributed by atoms with Gasteiger partial charge in [0.1, 0.15) is 11.6 Å². The smallest absolute Gasteiger partial charge is 0.123 e. The molecule has 100 valence electrons. The Morgan fingerprint density at radius 1 is 0.842 bits per heavy atom.